The largest absolute Gasteiger partial charge is 0.439 e. The molecule has 1 unspecified atom stereocenters. The smallest absolute Gasteiger partial charge is 0.232 e. The Balaban J connectivity index is 1.66. The van der Waals surface area contributed by atoms with Gasteiger partial charge in [0.15, 0.2) is 11.5 Å². The number of aryl methyl sites for hydroxylation is 1. The average molecular weight is 392 g/mol. The number of pyridine rings is 1. The number of para-hydroxylation sites is 1. The van der Waals surface area contributed by atoms with E-state index < -0.39 is 0 Å². The second kappa shape index (κ2) is 7.82. The van der Waals surface area contributed by atoms with E-state index in [9.17, 15) is 4.79 Å². The highest BCUT2D eigenvalue weighted by Crippen LogP contribution is 2.28. The number of anilines is 1. The molecule has 0 spiro atoms. The molecule has 0 bridgehead atoms. The molecule has 2 aromatic carbocycles. The molecule has 5 nitrogen and oxygen atoms in total. The zero-order valence-electron chi connectivity index (χ0n) is 15.2. The molecular formula is C22H18ClN3O2. The molecule has 0 radical (unpaired) electrons. The van der Waals surface area contributed by atoms with Crippen LogP contribution in [0, 0.1) is 6.92 Å². The second-order valence-corrected chi connectivity index (χ2v) is 6.98. The first kappa shape index (κ1) is 18.2. The highest BCUT2D eigenvalue weighted by Gasteiger charge is 2.23. The Labute approximate surface area is 167 Å². The standard InChI is InChI=1S/C22H18ClN3O2/c1-14-25-19-3-2-4-20(21(19)28-14)26-22(27)18(13-15-9-11-24-12-10-15)16-5-7-17(23)8-6-16/h2-12,18H,13H2,1H3,(H,26,27). The van der Waals surface area contributed by atoms with Gasteiger partial charge in [0.2, 0.25) is 5.91 Å². The Morgan fingerprint density at radius 3 is 2.61 bits per heavy atom. The van der Waals surface area contributed by atoms with Gasteiger partial charge in [0.1, 0.15) is 5.52 Å². The fourth-order valence-corrected chi connectivity index (χ4v) is 3.32. The first-order chi connectivity index (χ1) is 13.6. The van der Waals surface area contributed by atoms with E-state index in [-0.39, 0.29) is 11.8 Å². The molecule has 140 valence electrons. The fraction of sp³-hybridized carbons (Fsp3) is 0.136. The number of hydrogen-bond donors (Lipinski definition) is 1. The SMILES string of the molecule is Cc1nc2cccc(NC(=O)C(Cc3ccncc3)c3ccc(Cl)cc3)c2o1. The van der Waals surface area contributed by atoms with E-state index >= 15 is 0 Å². The summed E-state index contributed by atoms with van der Waals surface area (Å²) in [7, 11) is 0. The second-order valence-electron chi connectivity index (χ2n) is 6.54. The van der Waals surface area contributed by atoms with Gasteiger partial charge in [-0.25, -0.2) is 4.98 Å². The van der Waals surface area contributed by atoms with Gasteiger partial charge in [-0.3, -0.25) is 9.78 Å². The summed E-state index contributed by atoms with van der Waals surface area (Å²) in [6.45, 7) is 1.78. The summed E-state index contributed by atoms with van der Waals surface area (Å²) in [6, 6.07) is 16.7. The lowest BCUT2D eigenvalue weighted by Gasteiger charge is -2.18. The van der Waals surface area contributed by atoms with Crippen molar-refractivity contribution in [2.24, 2.45) is 0 Å². The van der Waals surface area contributed by atoms with Crippen LogP contribution in [0.3, 0.4) is 0 Å². The zero-order chi connectivity index (χ0) is 19.5. The highest BCUT2D eigenvalue weighted by molar-refractivity contribution is 6.30. The summed E-state index contributed by atoms with van der Waals surface area (Å²) >= 11 is 6.03. The Hall–Kier alpha value is -3.18. The number of fused-ring (bicyclic) bond motifs is 1. The molecular weight excluding hydrogens is 374 g/mol. The minimum atomic E-state index is -0.390. The molecule has 2 heterocycles. The summed E-state index contributed by atoms with van der Waals surface area (Å²) in [6.07, 6.45) is 4.00. The number of hydrogen-bond acceptors (Lipinski definition) is 4. The van der Waals surface area contributed by atoms with Crippen LogP contribution in [0.1, 0.15) is 22.9 Å². The molecule has 4 rings (SSSR count). The normalized spacial score (nSPS) is 12.1. The molecule has 1 N–H and O–H groups in total. The molecule has 1 amide bonds. The van der Waals surface area contributed by atoms with Gasteiger partial charge < -0.3 is 9.73 Å². The van der Waals surface area contributed by atoms with Crippen molar-refractivity contribution in [1.82, 2.24) is 9.97 Å². The van der Waals surface area contributed by atoms with E-state index in [2.05, 4.69) is 15.3 Å². The van der Waals surface area contributed by atoms with Crippen molar-refractivity contribution in [2.75, 3.05) is 5.32 Å². The fourth-order valence-electron chi connectivity index (χ4n) is 3.19. The van der Waals surface area contributed by atoms with Crippen LogP contribution in [0.2, 0.25) is 5.02 Å². The number of aromatic nitrogens is 2. The van der Waals surface area contributed by atoms with Crippen LogP contribution in [-0.2, 0) is 11.2 Å². The first-order valence-electron chi connectivity index (χ1n) is 8.91. The minimum absolute atomic E-state index is 0.124. The van der Waals surface area contributed by atoms with Gasteiger partial charge in [0.05, 0.1) is 11.6 Å². The van der Waals surface area contributed by atoms with Crippen LogP contribution in [0.25, 0.3) is 11.1 Å². The lowest BCUT2D eigenvalue weighted by Crippen LogP contribution is -2.23. The van der Waals surface area contributed by atoms with Crippen molar-refractivity contribution in [3.05, 3.63) is 89.0 Å². The quantitative estimate of drug-likeness (QED) is 0.510. The van der Waals surface area contributed by atoms with Gasteiger partial charge in [0.25, 0.3) is 0 Å². The number of amides is 1. The van der Waals surface area contributed by atoms with Crippen LogP contribution in [0.5, 0.6) is 0 Å². The van der Waals surface area contributed by atoms with Crippen molar-refractivity contribution in [3.63, 3.8) is 0 Å². The number of rotatable bonds is 5. The maximum atomic E-state index is 13.2. The lowest BCUT2D eigenvalue weighted by atomic mass is 9.91. The summed E-state index contributed by atoms with van der Waals surface area (Å²) in [5.74, 6) is 0.0439. The van der Waals surface area contributed by atoms with Gasteiger partial charge in [0, 0.05) is 24.3 Å². The van der Waals surface area contributed by atoms with E-state index in [4.69, 9.17) is 16.0 Å². The van der Waals surface area contributed by atoms with Gasteiger partial charge in [-0.15, -0.1) is 0 Å². The third kappa shape index (κ3) is 3.89. The van der Waals surface area contributed by atoms with E-state index in [1.807, 2.05) is 42.5 Å². The van der Waals surface area contributed by atoms with Gasteiger partial charge in [-0.05, 0) is 53.9 Å². The van der Waals surface area contributed by atoms with Crippen molar-refractivity contribution in [3.8, 4) is 0 Å². The van der Waals surface area contributed by atoms with Gasteiger partial charge in [-0.1, -0.05) is 29.8 Å². The van der Waals surface area contributed by atoms with E-state index in [1.54, 1.807) is 31.5 Å². The number of carbonyl (C=O) groups excluding carboxylic acids is 1. The summed E-state index contributed by atoms with van der Waals surface area (Å²) in [5, 5.41) is 3.64. The zero-order valence-corrected chi connectivity index (χ0v) is 16.0. The van der Waals surface area contributed by atoms with Crippen molar-refractivity contribution >= 4 is 34.3 Å². The number of nitrogens with one attached hydrogen (secondary N) is 1. The average Bonchev–Trinajstić information content (AvgIpc) is 3.09. The molecule has 1 atom stereocenters. The Morgan fingerprint density at radius 2 is 1.86 bits per heavy atom. The number of oxazole rings is 1. The van der Waals surface area contributed by atoms with Gasteiger partial charge >= 0.3 is 0 Å². The summed E-state index contributed by atoms with van der Waals surface area (Å²) < 4.78 is 5.67. The van der Waals surface area contributed by atoms with Crippen molar-refractivity contribution < 1.29 is 9.21 Å². The minimum Gasteiger partial charge on any atom is -0.439 e. The number of nitrogens with zero attached hydrogens (tertiary/aromatic N) is 2. The van der Waals surface area contributed by atoms with Gasteiger partial charge in [-0.2, -0.15) is 0 Å². The van der Waals surface area contributed by atoms with E-state index in [0.717, 1.165) is 11.1 Å². The van der Waals surface area contributed by atoms with Crippen molar-refractivity contribution in [2.45, 2.75) is 19.3 Å². The summed E-state index contributed by atoms with van der Waals surface area (Å²) in [4.78, 5) is 21.6. The van der Waals surface area contributed by atoms with Crippen LogP contribution in [-0.4, -0.2) is 15.9 Å². The van der Waals surface area contributed by atoms with Crippen molar-refractivity contribution in [1.29, 1.82) is 0 Å². The maximum Gasteiger partial charge on any atom is 0.232 e. The molecule has 0 aliphatic heterocycles. The van der Waals surface area contributed by atoms with Crippen LogP contribution in [0.15, 0.2) is 71.4 Å². The molecule has 0 aliphatic rings. The lowest BCUT2D eigenvalue weighted by molar-refractivity contribution is -0.117. The van der Waals surface area contributed by atoms with Crippen LogP contribution in [0.4, 0.5) is 5.69 Å². The molecule has 0 aliphatic carbocycles. The van der Waals surface area contributed by atoms with Crippen LogP contribution < -0.4 is 5.32 Å². The summed E-state index contributed by atoms with van der Waals surface area (Å²) in [5.41, 5.74) is 3.81. The molecule has 4 aromatic rings. The Kier molecular flexibility index (Phi) is 5.08. The molecule has 28 heavy (non-hydrogen) atoms. The maximum absolute atomic E-state index is 13.2. The Morgan fingerprint density at radius 1 is 1.11 bits per heavy atom. The monoisotopic (exact) mass is 391 g/mol. The molecule has 0 fully saturated rings. The third-order valence-corrected chi connectivity index (χ3v) is 4.81. The first-order valence-corrected chi connectivity index (χ1v) is 9.29. The topological polar surface area (TPSA) is 68.0 Å². The third-order valence-electron chi connectivity index (χ3n) is 4.56. The molecule has 0 saturated carbocycles. The Bertz CT molecular complexity index is 1110. The van der Waals surface area contributed by atoms with Crippen LogP contribution >= 0.6 is 11.6 Å². The van der Waals surface area contributed by atoms with E-state index in [1.165, 1.54) is 0 Å². The predicted molar refractivity (Wildman–Crippen MR) is 110 cm³/mol. The number of benzene rings is 2. The highest BCUT2D eigenvalue weighted by atomic mass is 35.5. The number of carbonyl (C=O) groups is 1. The number of halogens is 1. The predicted octanol–water partition coefficient (Wildman–Crippen LogP) is 5.15. The molecule has 0 saturated heterocycles. The molecule has 6 heteroatoms. The van der Waals surface area contributed by atoms with E-state index in [0.29, 0.717) is 34.1 Å². The molecule has 2 aromatic heterocycles.